The fourth-order valence-corrected chi connectivity index (χ4v) is 2.69. The molecular formula is C18H17F2NO3S. The largest absolute Gasteiger partial charge is 0.452 e. The highest BCUT2D eigenvalue weighted by Gasteiger charge is 2.17. The van der Waals surface area contributed by atoms with Crippen molar-refractivity contribution in [3.63, 3.8) is 0 Å². The lowest BCUT2D eigenvalue weighted by atomic mass is 10.1. The van der Waals surface area contributed by atoms with Crippen molar-refractivity contribution < 1.29 is 23.1 Å². The second kappa shape index (κ2) is 8.62. The lowest BCUT2D eigenvalue weighted by molar-refractivity contribution is -0.119. The number of amides is 1. The molecule has 2 aromatic rings. The fourth-order valence-electron chi connectivity index (χ4n) is 2.06. The monoisotopic (exact) mass is 365 g/mol. The van der Waals surface area contributed by atoms with Crippen LogP contribution in [0.15, 0.2) is 47.4 Å². The van der Waals surface area contributed by atoms with Crippen LogP contribution in [0.5, 0.6) is 0 Å². The highest BCUT2D eigenvalue weighted by Crippen LogP contribution is 2.28. The number of ether oxygens (including phenoxy) is 1. The third-order valence-corrected chi connectivity index (χ3v) is 4.24. The van der Waals surface area contributed by atoms with Gasteiger partial charge in [0.2, 0.25) is 0 Å². The van der Waals surface area contributed by atoms with Gasteiger partial charge in [0, 0.05) is 10.6 Å². The maximum Gasteiger partial charge on any atom is 0.339 e. The number of nitrogens with one attached hydrogen (secondary N) is 1. The van der Waals surface area contributed by atoms with Gasteiger partial charge in [0.05, 0.1) is 5.56 Å². The van der Waals surface area contributed by atoms with Crippen LogP contribution >= 0.6 is 11.8 Å². The lowest BCUT2D eigenvalue weighted by Crippen LogP contribution is -2.21. The molecule has 1 amide bonds. The Balaban J connectivity index is 1.95. The van der Waals surface area contributed by atoms with Gasteiger partial charge in [0.1, 0.15) is 0 Å². The maximum absolute atomic E-state index is 12.5. The number of alkyl halides is 2. The Hall–Kier alpha value is -2.41. The van der Waals surface area contributed by atoms with E-state index < -0.39 is 24.2 Å². The zero-order valence-corrected chi connectivity index (χ0v) is 14.5. The lowest BCUT2D eigenvalue weighted by Gasteiger charge is -2.10. The van der Waals surface area contributed by atoms with E-state index in [2.05, 4.69) is 5.32 Å². The fraction of sp³-hybridized carbons (Fsp3) is 0.222. The van der Waals surface area contributed by atoms with E-state index in [1.54, 1.807) is 18.2 Å². The molecule has 0 bridgehead atoms. The number of aryl methyl sites for hydroxylation is 2. The molecule has 2 rings (SSSR count). The Bertz CT molecular complexity index is 781. The topological polar surface area (TPSA) is 55.4 Å². The Kier molecular flexibility index (Phi) is 6.52. The summed E-state index contributed by atoms with van der Waals surface area (Å²) in [6.07, 6.45) is 0. The van der Waals surface area contributed by atoms with Crippen molar-refractivity contribution >= 4 is 29.3 Å². The highest BCUT2D eigenvalue weighted by atomic mass is 32.2. The maximum atomic E-state index is 12.5. The minimum absolute atomic E-state index is 0.00628. The van der Waals surface area contributed by atoms with Crippen molar-refractivity contribution in [2.24, 2.45) is 0 Å². The van der Waals surface area contributed by atoms with Gasteiger partial charge < -0.3 is 10.1 Å². The van der Waals surface area contributed by atoms with E-state index in [1.807, 2.05) is 26.0 Å². The van der Waals surface area contributed by atoms with Crippen LogP contribution in [0.2, 0.25) is 0 Å². The van der Waals surface area contributed by atoms with Gasteiger partial charge in [-0.3, -0.25) is 4.79 Å². The Morgan fingerprint density at radius 3 is 2.52 bits per heavy atom. The number of anilines is 1. The summed E-state index contributed by atoms with van der Waals surface area (Å²) in [5.41, 5.74) is 2.72. The minimum atomic E-state index is -2.65. The van der Waals surface area contributed by atoms with Gasteiger partial charge in [-0.1, -0.05) is 30.0 Å². The van der Waals surface area contributed by atoms with Gasteiger partial charge in [0.15, 0.2) is 6.61 Å². The van der Waals surface area contributed by atoms with Gasteiger partial charge in [0.25, 0.3) is 11.7 Å². The molecule has 25 heavy (non-hydrogen) atoms. The molecule has 0 aliphatic carbocycles. The van der Waals surface area contributed by atoms with E-state index in [0.29, 0.717) is 5.69 Å². The number of hydrogen-bond donors (Lipinski definition) is 1. The van der Waals surface area contributed by atoms with Gasteiger partial charge in [-0.05, 0) is 49.2 Å². The van der Waals surface area contributed by atoms with Crippen molar-refractivity contribution in [2.45, 2.75) is 24.5 Å². The van der Waals surface area contributed by atoms with Crippen molar-refractivity contribution in [2.75, 3.05) is 11.9 Å². The summed E-state index contributed by atoms with van der Waals surface area (Å²) in [6.45, 7) is 3.37. The van der Waals surface area contributed by atoms with Crippen LogP contribution in [0.1, 0.15) is 21.5 Å². The zero-order valence-electron chi connectivity index (χ0n) is 13.7. The summed E-state index contributed by atoms with van der Waals surface area (Å²) in [4.78, 5) is 24.0. The van der Waals surface area contributed by atoms with E-state index in [-0.39, 0.29) is 22.2 Å². The van der Waals surface area contributed by atoms with E-state index in [9.17, 15) is 18.4 Å². The predicted octanol–water partition coefficient (Wildman–Crippen LogP) is 4.41. The summed E-state index contributed by atoms with van der Waals surface area (Å²) in [6, 6.07) is 11.3. The SMILES string of the molecule is Cc1ccc(NC(=O)COC(=O)c2ccccc2SC(F)F)cc1C. The first-order valence-electron chi connectivity index (χ1n) is 7.45. The first-order valence-corrected chi connectivity index (χ1v) is 8.33. The molecule has 0 heterocycles. The molecule has 0 aliphatic heterocycles. The molecule has 7 heteroatoms. The quantitative estimate of drug-likeness (QED) is 0.608. The minimum Gasteiger partial charge on any atom is -0.452 e. The van der Waals surface area contributed by atoms with E-state index in [4.69, 9.17) is 4.74 Å². The van der Waals surface area contributed by atoms with Crippen LogP contribution in [0, 0.1) is 13.8 Å². The Morgan fingerprint density at radius 2 is 1.84 bits per heavy atom. The van der Waals surface area contributed by atoms with Gasteiger partial charge in [-0.2, -0.15) is 8.78 Å². The third kappa shape index (κ3) is 5.56. The molecule has 0 aliphatic rings. The number of halogens is 2. The number of carbonyl (C=O) groups excluding carboxylic acids is 2. The highest BCUT2D eigenvalue weighted by molar-refractivity contribution is 7.99. The van der Waals surface area contributed by atoms with Crippen molar-refractivity contribution in [3.05, 3.63) is 59.2 Å². The molecule has 0 aromatic heterocycles. The van der Waals surface area contributed by atoms with E-state index in [1.165, 1.54) is 12.1 Å². The summed E-state index contributed by atoms with van der Waals surface area (Å²) in [5.74, 6) is -3.98. The first kappa shape index (κ1) is 18.9. The van der Waals surface area contributed by atoms with Crippen LogP contribution < -0.4 is 5.32 Å². The van der Waals surface area contributed by atoms with Crippen LogP contribution in [0.3, 0.4) is 0 Å². The number of hydrogen-bond acceptors (Lipinski definition) is 4. The molecule has 1 N–H and O–H groups in total. The van der Waals surface area contributed by atoms with Gasteiger partial charge >= 0.3 is 5.97 Å². The smallest absolute Gasteiger partial charge is 0.339 e. The van der Waals surface area contributed by atoms with Crippen molar-refractivity contribution in [3.8, 4) is 0 Å². The second-order valence-electron chi connectivity index (χ2n) is 5.30. The van der Waals surface area contributed by atoms with Gasteiger partial charge in [-0.25, -0.2) is 4.79 Å². The Labute approximate surface area is 148 Å². The standard InChI is InChI=1S/C18H17F2NO3S/c1-11-7-8-13(9-12(11)2)21-16(22)10-24-17(23)14-5-3-4-6-15(14)25-18(19)20/h3-9,18H,10H2,1-2H3,(H,21,22). The normalized spacial score (nSPS) is 10.6. The number of benzene rings is 2. The van der Waals surface area contributed by atoms with Gasteiger partial charge in [-0.15, -0.1) is 0 Å². The molecular weight excluding hydrogens is 348 g/mol. The summed E-state index contributed by atoms with van der Waals surface area (Å²) in [7, 11) is 0. The molecule has 0 saturated carbocycles. The average molecular weight is 365 g/mol. The van der Waals surface area contributed by atoms with Crippen LogP contribution in [0.4, 0.5) is 14.5 Å². The summed E-state index contributed by atoms with van der Waals surface area (Å²) < 4.78 is 30.0. The first-order chi connectivity index (χ1) is 11.9. The molecule has 4 nitrogen and oxygen atoms in total. The van der Waals surface area contributed by atoms with Crippen molar-refractivity contribution in [1.29, 1.82) is 0 Å². The van der Waals surface area contributed by atoms with Crippen LogP contribution in [0.25, 0.3) is 0 Å². The molecule has 0 atom stereocenters. The number of esters is 1. The molecule has 0 spiro atoms. The van der Waals surface area contributed by atoms with Crippen LogP contribution in [-0.2, 0) is 9.53 Å². The summed E-state index contributed by atoms with van der Waals surface area (Å²) in [5, 5.41) is 2.62. The Morgan fingerprint density at radius 1 is 1.12 bits per heavy atom. The predicted molar refractivity (Wildman–Crippen MR) is 93.1 cm³/mol. The zero-order chi connectivity index (χ0) is 18.4. The molecule has 0 fully saturated rings. The van der Waals surface area contributed by atoms with Crippen molar-refractivity contribution in [1.82, 2.24) is 0 Å². The summed E-state index contributed by atoms with van der Waals surface area (Å²) >= 11 is 0.258. The van der Waals surface area contributed by atoms with E-state index >= 15 is 0 Å². The molecule has 2 aromatic carbocycles. The molecule has 0 saturated heterocycles. The number of rotatable bonds is 6. The third-order valence-electron chi connectivity index (χ3n) is 3.45. The van der Waals surface area contributed by atoms with E-state index in [0.717, 1.165) is 11.1 Å². The van der Waals surface area contributed by atoms with Crippen LogP contribution in [-0.4, -0.2) is 24.2 Å². The number of carbonyl (C=O) groups is 2. The molecule has 0 radical (unpaired) electrons. The average Bonchev–Trinajstić information content (AvgIpc) is 2.56. The molecule has 132 valence electrons. The molecule has 0 unspecified atom stereocenters. The second-order valence-corrected chi connectivity index (χ2v) is 6.33. The number of thioether (sulfide) groups is 1.